The molecule has 2 aromatic heterocycles. The first-order valence-corrected chi connectivity index (χ1v) is 6.30. The fourth-order valence-electron chi connectivity index (χ4n) is 1.59. The number of aromatic nitrogens is 5. The molecule has 2 heterocycles. The molecule has 106 valence electrons. The van der Waals surface area contributed by atoms with E-state index in [2.05, 4.69) is 30.1 Å². The number of aryl methyl sites for hydroxylation is 1. The Balaban J connectivity index is 2.38. The summed E-state index contributed by atoms with van der Waals surface area (Å²) >= 11 is 0. The molecule has 20 heavy (non-hydrogen) atoms. The van der Waals surface area contributed by atoms with Crippen molar-refractivity contribution in [2.24, 2.45) is 0 Å². The number of nitrogens with zero attached hydrogens (tertiary/aromatic N) is 5. The number of hydrogen-bond acceptors (Lipinski definition) is 7. The van der Waals surface area contributed by atoms with Crippen LogP contribution < -0.4 is 5.32 Å². The first-order chi connectivity index (χ1) is 9.67. The highest BCUT2D eigenvalue weighted by Gasteiger charge is 2.13. The summed E-state index contributed by atoms with van der Waals surface area (Å²) in [7, 11) is 1.28. The van der Waals surface area contributed by atoms with Gasteiger partial charge in [0.2, 0.25) is 0 Å². The molecule has 0 atom stereocenters. The van der Waals surface area contributed by atoms with Crippen molar-refractivity contribution in [2.75, 3.05) is 19.0 Å². The van der Waals surface area contributed by atoms with E-state index in [1.54, 1.807) is 6.07 Å². The van der Waals surface area contributed by atoms with Gasteiger partial charge in [0.1, 0.15) is 18.0 Å². The summed E-state index contributed by atoms with van der Waals surface area (Å²) in [6.45, 7) is 4.71. The minimum atomic E-state index is -0.583. The maximum atomic E-state index is 11.3. The van der Waals surface area contributed by atoms with Gasteiger partial charge in [0.25, 0.3) is 5.82 Å². The van der Waals surface area contributed by atoms with Crippen LogP contribution >= 0.6 is 0 Å². The predicted octanol–water partition coefficient (Wildman–Crippen LogP) is 0.838. The van der Waals surface area contributed by atoms with Crippen molar-refractivity contribution in [1.29, 1.82) is 0 Å². The molecule has 0 unspecified atom stereocenters. The summed E-state index contributed by atoms with van der Waals surface area (Å²) in [5.74, 6) is 1.36. The lowest BCUT2D eigenvalue weighted by atomic mass is 10.4. The second-order valence-corrected chi connectivity index (χ2v) is 3.92. The zero-order valence-electron chi connectivity index (χ0n) is 11.6. The van der Waals surface area contributed by atoms with Crippen molar-refractivity contribution in [3.63, 3.8) is 0 Å². The van der Waals surface area contributed by atoms with Gasteiger partial charge in [-0.1, -0.05) is 6.92 Å². The van der Waals surface area contributed by atoms with Crippen LogP contribution in [0, 0.1) is 0 Å². The number of carbonyl (C=O) groups excluding carboxylic acids is 1. The van der Waals surface area contributed by atoms with Gasteiger partial charge in [-0.15, -0.1) is 5.10 Å². The number of anilines is 1. The number of esters is 1. The summed E-state index contributed by atoms with van der Waals surface area (Å²) in [6.07, 6.45) is 2.12. The molecule has 2 rings (SSSR count). The van der Waals surface area contributed by atoms with E-state index in [4.69, 9.17) is 0 Å². The second-order valence-electron chi connectivity index (χ2n) is 3.92. The van der Waals surface area contributed by atoms with E-state index < -0.39 is 5.97 Å². The molecular formula is C12H16N6O2. The molecule has 8 nitrogen and oxygen atoms in total. The molecule has 2 aromatic rings. The minimum absolute atomic E-state index is 0.00541. The normalized spacial score (nSPS) is 10.3. The Kier molecular flexibility index (Phi) is 4.24. The molecule has 0 saturated heterocycles. The van der Waals surface area contributed by atoms with Crippen LogP contribution in [0.3, 0.4) is 0 Å². The van der Waals surface area contributed by atoms with E-state index >= 15 is 0 Å². The van der Waals surface area contributed by atoms with Crippen molar-refractivity contribution >= 4 is 11.8 Å². The third kappa shape index (κ3) is 2.90. The standard InChI is InChI=1S/C12H16N6O2/c1-4-8-15-9(13-5-2)6-10(16-8)18-7-14-11(17-18)12(19)20-3/h6-7H,4-5H2,1-3H3,(H,13,15,16). The Morgan fingerprint density at radius 2 is 2.20 bits per heavy atom. The van der Waals surface area contributed by atoms with E-state index in [-0.39, 0.29) is 5.82 Å². The average Bonchev–Trinajstić information content (AvgIpc) is 2.96. The summed E-state index contributed by atoms with van der Waals surface area (Å²) in [5.41, 5.74) is 0. The Hall–Kier alpha value is -2.51. The zero-order valence-corrected chi connectivity index (χ0v) is 11.6. The van der Waals surface area contributed by atoms with Gasteiger partial charge in [0, 0.05) is 19.0 Å². The van der Waals surface area contributed by atoms with Gasteiger partial charge in [-0.3, -0.25) is 0 Å². The quantitative estimate of drug-likeness (QED) is 0.808. The predicted molar refractivity (Wildman–Crippen MR) is 71.8 cm³/mol. The number of rotatable bonds is 5. The number of methoxy groups -OCH3 is 1. The van der Waals surface area contributed by atoms with Crippen LogP contribution in [0.5, 0.6) is 0 Å². The molecule has 0 spiro atoms. The monoisotopic (exact) mass is 276 g/mol. The molecule has 0 amide bonds. The Labute approximate surface area is 116 Å². The van der Waals surface area contributed by atoms with Crippen molar-refractivity contribution in [2.45, 2.75) is 20.3 Å². The van der Waals surface area contributed by atoms with Crippen molar-refractivity contribution in [1.82, 2.24) is 24.7 Å². The van der Waals surface area contributed by atoms with Crippen LogP contribution in [0.15, 0.2) is 12.4 Å². The molecule has 0 aliphatic heterocycles. The maximum Gasteiger partial charge on any atom is 0.377 e. The summed E-state index contributed by atoms with van der Waals surface area (Å²) in [5, 5.41) is 7.17. The first kappa shape index (κ1) is 13.9. The highest BCUT2D eigenvalue weighted by Crippen LogP contribution is 2.11. The molecule has 0 bridgehead atoms. The smallest absolute Gasteiger partial charge is 0.377 e. The van der Waals surface area contributed by atoms with Crippen LogP contribution in [0.25, 0.3) is 5.82 Å². The van der Waals surface area contributed by atoms with E-state index in [0.717, 1.165) is 6.54 Å². The van der Waals surface area contributed by atoms with Crippen LogP contribution in [0.2, 0.25) is 0 Å². The summed E-state index contributed by atoms with van der Waals surface area (Å²) in [4.78, 5) is 23.9. The molecule has 0 aromatic carbocycles. The van der Waals surface area contributed by atoms with Gasteiger partial charge in [0.15, 0.2) is 5.82 Å². The van der Waals surface area contributed by atoms with Gasteiger partial charge in [-0.2, -0.15) is 0 Å². The highest BCUT2D eigenvalue weighted by atomic mass is 16.5. The van der Waals surface area contributed by atoms with E-state index in [0.29, 0.717) is 23.9 Å². The van der Waals surface area contributed by atoms with Crippen LogP contribution in [0.1, 0.15) is 30.3 Å². The van der Waals surface area contributed by atoms with Crippen molar-refractivity contribution in [3.8, 4) is 5.82 Å². The van der Waals surface area contributed by atoms with Gasteiger partial charge in [0.05, 0.1) is 7.11 Å². The molecule has 0 saturated carbocycles. The largest absolute Gasteiger partial charge is 0.463 e. The molecular weight excluding hydrogens is 260 g/mol. The maximum absolute atomic E-state index is 11.3. The first-order valence-electron chi connectivity index (χ1n) is 6.30. The molecule has 0 aliphatic rings. The van der Waals surface area contributed by atoms with Gasteiger partial charge in [-0.25, -0.2) is 24.4 Å². The fraction of sp³-hybridized carbons (Fsp3) is 0.417. The molecule has 0 fully saturated rings. The Bertz CT molecular complexity index is 610. The SMILES string of the molecule is CCNc1cc(-n2cnc(C(=O)OC)n2)nc(CC)n1. The van der Waals surface area contributed by atoms with Crippen molar-refractivity contribution < 1.29 is 9.53 Å². The third-order valence-electron chi connectivity index (χ3n) is 2.53. The lowest BCUT2D eigenvalue weighted by molar-refractivity contribution is 0.0587. The number of nitrogens with one attached hydrogen (secondary N) is 1. The minimum Gasteiger partial charge on any atom is -0.463 e. The Morgan fingerprint density at radius 3 is 2.85 bits per heavy atom. The average molecular weight is 276 g/mol. The van der Waals surface area contributed by atoms with Gasteiger partial charge in [-0.05, 0) is 6.92 Å². The van der Waals surface area contributed by atoms with E-state index in [9.17, 15) is 4.79 Å². The van der Waals surface area contributed by atoms with Crippen molar-refractivity contribution in [3.05, 3.63) is 24.0 Å². The molecule has 8 heteroatoms. The fourth-order valence-corrected chi connectivity index (χ4v) is 1.59. The van der Waals surface area contributed by atoms with E-state index in [1.807, 2.05) is 13.8 Å². The summed E-state index contributed by atoms with van der Waals surface area (Å²) < 4.78 is 5.99. The van der Waals surface area contributed by atoms with Crippen LogP contribution in [0.4, 0.5) is 5.82 Å². The lowest BCUT2D eigenvalue weighted by Crippen LogP contribution is -2.09. The number of carbonyl (C=O) groups is 1. The van der Waals surface area contributed by atoms with Gasteiger partial charge < -0.3 is 10.1 Å². The molecule has 1 N–H and O–H groups in total. The summed E-state index contributed by atoms with van der Waals surface area (Å²) in [6, 6.07) is 1.75. The Morgan fingerprint density at radius 1 is 1.40 bits per heavy atom. The van der Waals surface area contributed by atoms with Gasteiger partial charge >= 0.3 is 5.97 Å². The molecule has 0 aliphatic carbocycles. The topological polar surface area (TPSA) is 94.8 Å². The van der Waals surface area contributed by atoms with E-state index in [1.165, 1.54) is 18.1 Å². The number of ether oxygens (including phenoxy) is 1. The highest BCUT2D eigenvalue weighted by molar-refractivity contribution is 5.84. The number of hydrogen-bond donors (Lipinski definition) is 1. The lowest BCUT2D eigenvalue weighted by Gasteiger charge is -2.07. The zero-order chi connectivity index (χ0) is 14.5. The van der Waals surface area contributed by atoms with Crippen LogP contribution in [-0.4, -0.2) is 44.4 Å². The third-order valence-corrected chi connectivity index (χ3v) is 2.53. The second kappa shape index (κ2) is 6.09. The van der Waals surface area contributed by atoms with Crippen LogP contribution in [-0.2, 0) is 11.2 Å². The molecule has 0 radical (unpaired) electrons.